The van der Waals surface area contributed by atoms with Gasteiger partial charge in [-0.2, -0.15) is 0 Å². The summed E-state index contributed by atoms with van der Waals surface area (Å²) in [6.45, 7) is 0. The quantitative estimate of drug-likeness (QED) is 0.221. The van der Waals surface area contributed by atoms with Crippen LogP contribution in [0.3, 0.4) is 0 Å². The molecule has 0 unspecified atom stereocenters. The highest BCUT2D eigenvalue weighted by atomic mass is 35.5. The second-order valence-corrected chi connectivity index (χ2v) is 10.7. The first kappa shape index (κ1) is 22.4. The Morgan fingerprint density at radius 1 is 0.410 bits per heavy atom. The summed E-state index contributed by atoms with van der Waals surface area (Å²) in [5.74, 6) is 1.81. The molecular formula is C37H23ClO. The van der Waals surface area contributed by atoms with E-state index in [2.05, 4.69) is 121 Å². The zero-order valence-electron chi connectivity index (χ0n) is 21.1. The lowest BCUT2D eigenvalue weighted by Crippen LogP contribution is -2.32. The average Bonchev–Trinajstić information content (AvgIpc) is 3.28. The maximum atomic E-state index is 6.58. The van der Waals surface area contributed by atoms with Crippen LogP contribution in [0.2, 0.25) is 5.02 Å². The number of fused-ring (bicyclic) bond motifs is 9. The molecule has 1 aliphatic heterocycles. The molecule has 0 amide bonds. The standard InChI is InChI=1S/C37H23ClO/c38-28-12-8-11-26(22-28)24-9-7-10-25(21-24)27-19-20-36-34(23-27)37(33-17-5-6-18-35(33)39-36)31-15-3-1-13-29(31)30-14-2-4-16-32(30)37/h1-23H. The van der Waals surface area contributed by atoms with Crippen molar-refractivity contribution in [3.63, 3.8) is 0 Å². The molecule has 2 aliphatic rings. The van der Waals surface area contributed by atoms with Crippen LogP contribution in [0, 0.1) is 0 Å². The minimum Gasteiger partial charge on any atom is -0.457 e. The molecule has 2 heteroatoms. The number of ether oxygens (including phenoxy) is 1. The van der Waals surface area contributed by atoms with E-state index < -0.39 is 5.41 Å². The smallest absolute Gasteiger partial charge is 0.132 e. The van der Waals surface area contributed by atoms with E-state index >= 15 is 0 Å². The number of hydrogen-bond acceptors (Lipinski definition) is 1. The van der Waals surface area contributed by atoms with Crippen LogP contribution in [-0.2, 0) is 5.41 Å². The van der Waals surface area contributed by atoms with E-state index in [0.717, 1.165) is 38.8 Å². The van der Waals surface area contributed by atoms with Gasteiger partial charge in [0.1, 0.15) is 11.5 Å². The molecule has 0 aromatic heterocycles. The van der Waals surface area contributed by atoms with Gasteiger partial charge < -0.3 is 4.74 Å². The van der Waals surface area contributed by atoms with Crippen molar-refractivity contribution in [2.24, 2.45) is 0 Å². The molecule has 0 atom stereocenters. The van der Waals surface area contributed by atoms with Crippen LogP contribution in [0.25, 0.3) is 33.4 Å². The minimum absolute atomic E-state index is 0.460. The predicted molar refractivity (Wildman–Crippen MR) is 160 cm³/mol. The second kappa shape index (κ2) is 8.46. The normalized spacial score (nSPS) is 13.7. The molecule has 6 aromatic rings. The van der Waals surface area contributed by atoms with E-state index in [9.17, 15) is 0 Å². The number of rotatable bonds is 2. The number of para-hydroxylation sites is 1. The van der Waals surface area contributed by atoms with Gasteiger partial charge in [-0.25, -0.2) is 0 Å². The van der Waals surface area contributed by atoms with Gasteiger partial charge in [0, 0.05) is 16.1 Å². The van der Waals surface area contributed by atoms with Crippen molar-refractivity contribution < 1.29 is 4.74 Å². The van der Waals surface area contributed by atoms with Crippen LogP contribution in [0.1, 0.15) is 22.3 Å². The van der Waals surface area contributed by atoms with Gasteiger partial charge in [0.15, 0.2) is 0 Å². The van der Waals surface area contributed by atoms with Gasteiger partial charge in [0.2, 0.25) is 0 Å². The zero-order valence-corrected chi connectivity index (χ0v) is 21.8. The summed E-state index contributed by atoms with van der Waals surface area (Å²) in [6, 6.07) is 49.5. The zero-order chi connectivity index (χ0) is 26.0. The first-order chi connectivity index (χ1) is 19.2. The van der Waals surface area contributed by atoms with Crippen molar-refractivity contribution in [1.82, 2.24) is 0 Å². The van der Waals surface area contributed by atoms with Gasteiger partial charge in [0.05, 0.1) is 5.41 Å². The monoisotopic (exact) mass is 518 g/mol. The summed E-state index contributed by atoms with van der Waals surface area (Å²) in [5, 5.41) is 0.739. The summed E-state index contributed by atoms with van der Waals surface area (Å²) in [6.07, 6.45) is 0. The highest BCUT2D eigenvalue weighted by molar-refractivity contribution is 6.30. The molecule has 1 heterocycles. The third-order valence-electron chi connectivity index (χ3n) is 8.20. The maximum absolute atomic E-state index is 6.58. The molecule has 8 rings (SSSR count). The topological polar surface area (TPSA) is 9.23 Å². The van der Waals surface area contributed by atoms with Crippen LogP contribution in [0.4, 0.5) is 0 Å². The molecule has 1 aliphatic carbocycles. The van der Waals surface area contributed by atoms with Gasteiger partial charge >= 0.3 is 0 Å². The fourth-order valence-electron chi connectivity index (χ4n) is 6.58. The van der Waals surface area contributed by atoms with Crippen molar-refractivity contribution in [2.75, 3.05) is 0 Å². The van der Waals surface area contributed by atoms with Crippen LogP contribution >= 0.6 is 11.6 Å². The molecule has 6 aromatic carbocycles. The molecule has 0 radical (unpaired) electrons. The molecule has 1 spiro atoms. The van der Waals surface area contributed by atoms with E-state index in [0.29, 0.717) is 0 Å². The van der Waals surface area contributed by atoms with E-state index in [-0.39, 0.29) is 0 Å². The van der Waals surface area contributed by atoms with E-state index in [4.69, 9.17) is 16.3 Å². The van der Waals surface area contributed by atoms with Crippen molar-refractivity contribution in [3.05, 3.63) is 167 Å². The van der Waals surface area contributed by atoms with E-state index in [1.807, 2.05) is 18.2 Å². The van der Waals surface area contributed by atoms with Gasteiger partial charge in [-0.15, -0.1) is 0 Å². The second-order valence-electron chi connectivity index (χ2n) is 10.2. The Balaban J connectivity index is 1.40. The van der Waals surface area contributed by atoms with Crippen molar-refractivity contribution in [2.45, 2.75) is 5.41 Å². The fraction of sp³-hybridized carbons (Fsp3) is 0.0270. The Kier molecular flexibility index (Phi) is 4.86. The lowest BCUT2D eigenvalue weighted by atomic mass is 9.66. The van der Waals surface area contributed by atoms with E-state index in [1.165, 1.54) is 33.4 Å². The Bertz CT molecular complexity index is 1870. The molecule has 1 nitrogen and oxygen atoms in total. The maximum Gasteiger partial charge on any atom is 0.132 e. The summed E-state index contributed by atoms with van der Waals surface area (Å²) in [4.78, 5) is 0. The van der Waals surface area contributed by atoms with Gasteiger partial charge in [0.25, 0.3) is 0 Å². The molecular weight excluding hydrogens is 496 g/mol. The number of benzene rings is 6. The van der Waals surface area contributed by atoms with Crippen molar-refractivity contribution >= 4 is 11.6 Å². The lowest BCUT2D eigenvalue weighted by Gasteiger charge is -2.39. The Morgan fingerprint density at radius 3 is 1.64 bits per heavy atom. The average molecular weight is 519 g/mol. The predicted octanol–water partition coefficient (Wildman–Crippen LogP) is 10.1. The van der Waals surface area contributed by atoms with Crippen molar-refractivity contribution in [1.29, 1.82) is 0 Å². The molecule has 39 heavy (non-hydrogen) atoms. The first-order valence-corrected chi connectivity index (χ1v) is 13.6. The van der Waals surface area contributed by atoms with Gasteiger partial charge in [-0.3, -0.25) is 0 Å². The summed E-state index contributed by atoms with van der Waals surface area (Å²) < 4.78 is 6.58. The summed E-state index contributed by atoms with van der Waals surface area (Å²) >= 11 is 6.31. The molecule has 0 N–H and O–H groups in total. The number of hydrogen-bond donors (Lipinski definition) is 0. The van der Waals surface area contributed by atoms with Gasteiger partial charge in [-0.1, -0.05) is 115 Å². The molecule has 0 bridgehead atoms. The highest BCUT2D eigenvalue weighted by Gasteiger charge is 2.50. The largest absolute Gasteiger partial charge is 0.457 e. The lowest BCUT2D eigenvalue weighted by molar-refractivity contribution is 0.436. The first-order valence-electron chi connectivity index (χ1n) is 13.2. The van der Waals surface area contributed by atoms with Crippen molar-refractivity contribution in [3.8, 4) is 44.9 Å². The summed E-state index contributed by atoms with van der Waals surface area (Å²) in [5.41, 5.74) is 11.6. The fourth-order valence-corrected chi connectivity index (χ4v) is 6.77. The third-order valence-corrected chi connectivity index (χ3v) is 8.44. The Morgan fingerprint density at radius 2 is 0.949 bits per heavy atom. The molecule has 0 fully saturated rings. The van der Waals surface area contributed by atoms with Crippen LogP contribution in [0.15, 0.2) is 140 Å². The van der Waals surface area contributed by atoms with Crippen LogP contribution < -0.4 is 4.74 Å². The molecule has 0 saturated carbocycles. The van der Waals surface area contributed by atoms with Crippen LogP contribution in [0.5, 0.6) is 11.5 Å². The van der Waals surface area contributed by atoms with E-state index in [1.54, 1.807) is 0 Å². The summed E-state index contributed by atoms with van der Waals surface area (Å²) in [7, 11) is 0. The highest BCUT2D eigenvalue weighted by Crippen LogP contribution is 2.62. The SMILES string of the molecule is Clc1cccc(-c2cccc(-c3ccc4c(c3)C3(c5ccccc5O4)c4ccccc4-c4ccccc43)c2)c1. The van der Waals surface area contributed by atoms with Crippen LogP contribution in [-0.4, -0.2) is 0 Å². The minimum atomic E-state index is -0.460. The Labute approximate surface area is 232 Å². The third kappa shape index (κ3) is 3.21. The number of halogens is 1. The Hall–Kier alpha value is -4.59. The molecule has 184 valence electrons. The van der Waals surface area contributed by atoms with Gasteiger partial charge in [-0.05, 0) is 80.9 Å². The molecule has 0 saturated heterocycles.